The fourth-order valence-corrected chi connectivity index (χ4v) is 2.53. The van der Waals surface area contributed by atoms with Gasteiger partial charge in [-0.15, -0.1) is 0 Å². The van der Waals surface area contributed by atoms with Crippen molar-refractivity contribution in [3.63, 3.8) is 0 Å². The fraction of sp³-hybridized carbons (Fsp3) is 0.167. The Labute approximate surface area is 123 Å². The number of carbonyl (C=O) groups is 1. The summed E-state index contributed by atoms with van der Waals surface area (Å²) >= 11 is 0. The molecule has 1 aromatic heterocycles. The normalized spacial score (nSPS) is 10.8. The minimum atomic E-state index is 0.111. The van der Waals surface area contributed by atoms with Crippen LogP contribution in [0, 0.1) is 13.8 Å². The van der Waals surface area contributed by atoms with Gasteiger partial charge in [-0.05, 0) is 48.7 Å². The van der Waals surface area contributed by atoms with Crippen LogP contribution in [0.4, 0.5) is 0 Å². The lowest BCUT2D eigenvalue weighted by Gasteiger charge is -2.09. The monoisotopic (exact) mass is 276 g/mol. The SMILES string of the molecule is Cc1cccc(C)c1CC(=O)c1ccc2nccnc2c1. The van der Waals surface area contributed by atoms with E-state index in [0.29, 0.717) is 12.0 Å². The molecule has 1 heterocycles. The number of hydrogen-bond donors (Lipinski definition) is 0. The summed E-state index contributed by atoms with van der Waals surface area (Å²) < 4.78 is 0. The van der Waals surface area contributed by atoms with Crippen molar-refractivity contribution < 1.29 is 4.79 Å². The largest absolute Gasteiger partial charge is 0.294 e. The highest BCUT2D eigenvalue weighted by atomic mass is 16.1. The van der Waals surface area contributed by atoms with Crippen LogP contribution in [0.15, 0.2) is 48.8 Å². The first-order valence-electron chi connectivity index (χ1n) is 6.94. The molecule has 0 aliphatic carbocycles. The number of benzene rings is 2. The molecule has 0 spiro atoms. The Morgan fingerprint density at radius 1 is 0.952 bits per heavy atom. The highest BCUT2D eigenvalue weighted by molar-refractivity contribution is 6.00. The lowest BCUT2D eigenvalue weighted by Crippen LogP contribution is -2.06. The van der Waals surface area contributed by atoms with Gasteiger partial charge in [0.1, 0.15) is 0 Å². The Hall–Kier alpha value is -2.55. The summed E-state index contributed by atoms with van der Waals surface area (Å²) in [6.45, 7) is 4.09. The number of aromatic nitrogens is 2. The molecule has 0 aliphatic heterocycles. The lowest BCUT2D eigenvalue weighted by atomic mass is 9.95. The van der Waals surface area contributed by atoms with Crippen LogP contribution >= 0.6 is 0 Å². The predicted octanol–water partition coefficient (Wildman–Crippen LogP) is 3.67. The zero-order valence-electron chi connectivity index (χ0n) is 12.1. The van der Waals surface area contributed by atoms with Crippen LogP contribution in [0.2, 0.25) is 0 Å². The number of nitrogens with zero attached hydrogens (tertiary/aromatic N) is 2. The van der Waals surface area contributed by atoms with Crippen LogP contribution in [0.5, 0.6) is 0 Å². The van der Waals surface area contributed by atoms with Gasteiger partial charge in [0.25, 0.3) is 0 Å². The van der Waals surface area contributed by atoms with E-state index in [9.17, 15) is 4.79 Å². The maximum absolute atomic E-state index is 12.5. The topological polar surface area (TPSA) is 42.9 Å². The average Bonchev–Trinajstić information content (AvgIpc) is 2.50. The van der Waals surface area contributed by atoms with E-state index >= 15 is 0 Å². The Bertz CT molecular complexity index is 804. The van der Waals surface area contributed by atoms with Crippen molar-refractivity contribution in [2.24, 2.45) is 0 Å². The van der Waals surface area contributed by atoms with Gasteiger partial charge in [-0.2, -0.15) is 0 Å². The second-order valence-corrected chi connectivity index (χ2v) is 5.23. The minimum absolute atomic E-state index is 0.111. The van der Waals surface area contributed by atoms with Crippen molar-refractivity contribution in [3.05, 3.63) is 71.0 Å². The second-order valence-electron chi connectivity index (χ2n) is 5.23. The molecule has 0 bridgehead atoms. The highest BCUT2D eigenvalue weighted by Crippen LogP contribution is 2.18. The van der Waals surface area contributed by atoms with Gasteiger partial charge in [0, 0.05) is 24.4 Å². The molecule has 2 aromatic carbocycles. The maximum atomic E-state index is 12.5. The molecule has 3 heteroatoms. The molecule has 3 aromatic rings. The molecule has 0 saturated carbocycles. The molecule has 0 aliphatic rings. The Balaban J connectivity index is 1.94. The van der Waals surface area contributed by atoms with E-state index in [4.69, 9.17) is 0 Å². The van der Waals surface area contributed by atoms with Gasteiger partial charge in [-0.3, -0.25) is 14.8 Å². The Morgan fingerprint density at radius 2 is 1.62 bits per heavy atom. The number of carbonyl (C=O) groups excluding carboxylic acids is 1. The Kier molecular flexibility index (Phi) is 3.48. The first kappa shape index (κ1) is 13.4. The van der Waals surface area contributed by atoms with Crippen molar-refractivity contribution in [2.45, 2.75) is 20.3 Å². The third kappa shape index (κ3) is 2.68. The van der Waals surface area contributed by atoms with E-state index in [1.165, 1.54) is 0 Å². The van der Waals surface area contributed by atoms with Crippen LogP contribution < -0.4 is 0 Å². The van der Waals surface area contributed by atoms with E-state index in [0.717, 1.165) is 27.7 Å². The van der Waals surface area contributed by atoms with E-state index in [-0.39, 0.29) is 5.78 Å². The van der Waals surface area contributed by atoms with Gasteiger partial charge in [-0.25, -0.2) is 0 Å². The highest BCUT2D eigenvalue weighted by Gasteiger charge is 2.11. The summed E-state index contributed by atoms with van der Waals surface area (Å²) in [5.41, 5.74) is 5.67. The third-order valence-corrected chi connectivity index (χ3v) is 3.77. The van der Waals surface area contributed by atoms with Crippen LogP contribution in [0.25, 0.3) is 11.0 Å². The van der Waals surface area contributed by atoms with Crippen molar-refractivity contribution in [1.29, 1.82) is 0 Å². The van der Waals surface area contributed by atoms with Gasteiger partial charge >= 0.3 is 0 Å². The Morgan fingerprint density at radius 3 is 2.33 bits per heavy atom. The van der Waals surface area contributed by atoms with E-state index in [1.54, 1.807) is 12.4 Å². The standard InChI is InChI=1S/C18H16N2O/c1-12-4-3-5-13(2)15(12)11-18(21)14-6-7-16-17(10-14)20-9-8-19-16/h3-10H,11H2,1-2H3. The smallest absolute Gasteiger partial charge is 0.167 e. The zero-order valence-corrected chi connectivity index (χ0v) is 12.1. The first-order chi connectivity index (χ1) is 10.1. The average molecular weight is 276 g/mol. The van der Waals surface area contributed by atoms with E-state index < -0.39 is 0 Å². The number of aryl methyl sites for hydroxylation is 2. The van der Waals surface area contributed by atoms with Crippen molar-refractivity contribution in [2.75, 3.05) is 0 Å². The fourth-order valence-electron chi connectivity index (χ4n) is 2.53. The number of ketones is 1. The molecular formula is C18H16N2O. The van der Waals surface area contributed by atoms with E-state index in [2.05, 4.69) is 9.97 Å². The molecule has 0 unspecified atom stereocenters. The van der Waals surface area contributed by atoms with Crippen LogP contribution in [-0.4, -0.2) is 15.8 Å². The summed E-state index contributed by atoms with van der Waals surface area (Å²) in [7, 11) is 0. The summed E-state index contributed by atoms with van der Waals surface area (Å²) in [5, 5.41) is 0. The van der Waals surface area contributed by atoms with Crippen LogP contribution in [0.1, 0.15) is 27.0 Å². The zero-order chi connectivity index (χ0) is 14.8. The molecule has 104 valence electrons. The predicted molar refractivity (Wildman–Crippen MR) is 83.5 cm³/mol. The van der Waals surface area contributed by atoms with Crippen molar-refractivity contribution in [3.8, 4) is 0 Å². The molecule has 0 fully saturated rings. The summed E-state index contributed by atoms with van der Waals surface area (Å²) in [5.74, 6) is 0.111. The quantitative estimate of drug-likeness (QED) is 0.685. The number of Topliss-reactive ketones (excluding diaryl/α,β-unsaturated/α-hetero) is 1. The van der Waals surface area contributed by atoms with Crippen molar-refractivity contribution in [1.82, 2.24) is 9.97 Å². The van der Waals surface area contributed by atoms with E-state index in [1.807, 2.05) is 50.2 Å². The van der Waals surface area contributed by atoms with Crippen LogP contribution in [-0.2, 0) is 6.42 Å². The first-order valence-corrected chi connectivity index (χ1v) is 6.94. The van der Waals surface area contributed by atoms with Crippen LogP contribution in [0.3, 0.4) is 0 Å². The molecule has 0 atom stereocenters. The lowest BCUT2D eigenvalue weighted by molar-refractivity contribution is 0.0992. The number of hydrogen-bond acceptors (Lipinski definition) is 3. The summed E-state index contributed by atoms with van der Waals surface area (Å²) in [6.07, 6.45) is 3.72. The number of rotatable bonds is 3. The van der Waals surface area contributed by atoms with Gasteiger partial charge < -0.3 is 0 Å². The molecular weight excluding hydrogens is 260 g/mol. The van der Waals surface area contributed by atoms with Gasteiger partial charge in [0.15, 0.2) is 5.78 Å². The summed E-state index contributed by atoms with van der Waals surface area (Å²) in [4.78, 5) is 21.0. The molecule has 3 nitrogen and oxygen atoms in total. The maximum Gasteiger partial charge on any atom is 0.167 e. The van der Waals surface area contributed by atoms with Gasteiger partial charge in [0.2, 0.25) is 0 Å². The third-order valence-electron chi connectivity index (χ3n) is 3.77. The molecule has 21 heavy (non-hydrogen) atoms. The van der Waals surface area contributed by atoms with Gasteiger partial charge in [0.05, 0.1) is 11.0 Å². The molecule has 0 N–H and O–H groups in total. The summed E-state index contributed by atoms with van der Waals surface area (Å²) in [6, 6.07) is 11.6. The number of fused-ring (bicyclic) bond motifs is 1. The minimum Gasteiger partial charge on any atom is -0.294 e. The second kappa shape index (κ2) is 5.44. The van der Waals surface area contributed by atoms with Gasteiger partial charge in [-0.1, -0.05) is 18.2 Å². The molecule has 0 amide bonds. The van der Waals surface area contributed by atoms with Crippen molar-refractivity contribution >= 4 is 16.8 Å². The molecule has 0 radical (unpaired) electrons. The molecule has 3 rings (SSSR count). The molecule has 0 saturated heterocycles.